The molecular formula is C18H22N2O3. The second-order valence-corrected chi connectivity index (χ2v) is 6.91. The molecule has 5 nitrogen and oxygen atoms in total. The molecule has 1 aromatic carbocycles. The van der Waals surface area contributed by atoms with E-state index in [2.05, 4.69) is 10.3 Å². The molecule has 1 N–H and O–H groups in total. The normalized spacial score (nSPS) is 14.6. The zero-order valence-electron chi connectivity index (χ0n) is 13.8. The topological polar surface area (TPSA) is 64.4 Å². The third-order valence-electron chi connectivity index (χ3n) is 3.53. The van der Waals surface area contributed by atoms with Gasteiger partial charge in [0, 0.05) is 18.0 Å². The second kappa shape index (κ2) is 6.07. The maximum atomic E-state index is 11.7. The van der Waals surface area contributed by atoms with E-state index < -0.39 is 11.7 Å². The fourth-order valence-electron chi connectivity index (χ4n) is 2.29. The van der Waals surface area contributed by atoms with Crippen molar-refractivity contribution >= 4 is 6.09 Å². The van der Waals surface area contributed by atoms with Gasteiger partial charge in [-0.05, 0) is 51.3 Å². The molecule has 3 rings (SSSR count). The summed E-state index contributed by atoms with van der Waals surface area (Å²) in [5, 5.41) is 2.76. The number of rotatable bonds is 4. The summed E-state index contributed by atoms with van der Waals surface area (Å²) in [6.07, 6.45) is 3.73. The zero-order valence-corrected chi connectivity index (χ0v) is 13.8. The highest BCUT2D eigenvalue weighted by atomic mass is 16.6. The number of nitrogens with zero attached hydrogens (tertiary/aromatic N) is 1. The van der Waals surface area contributed by atoms with Crippen molar-refractivity contribution in [1.29, 1.82) is 0 Å². The van der Waals surface area contributed by atoms with Crippen LogP contribution in [0.4, 0.5) is 4.79 Å². The van der Waals surface area contributed by atoms with Gasteiger partial charge in [0.15, 0.2) is 0 Å². The maximum Gasteiger partial charge on any atom is 0.407 e. The number of amides is 1. The Hall–Kier alpha value is -2.30. The molecule has 1 aliphatic rings. The Bertz CT molecular complexity index is 696. The molecular weight excluding hydrogens is 292 g/mol. The first-order chi connectivity index (χ1) is 10.9. The number of ether oxygens (including phenoxy) is 1. The van der Waals surface area contributed by atoms with Crippen molar-refractivity contribution in [1.82, 2.24) is 10.3 Å². The number of aromatic nitrogens is 1. The van der Waals surface area contributed by atoms with Gasteiger partial charge >= 0.3 is 6.09 Å². The van der Waals surface area contributed by atoms with Crippen LogP contribution in [0.2, 0.25) is 0 Å². The predicted molar refractivity (Wildman–Crippen MR) is 87.0 cm³/mol. The number of hydrogen-bond donors (Lipinski definition) is 1. The van der Waals surface area contributed by atoms with Gasteiger partial charge in [-0.2, -0.15) is 0 Å². The molecule has 0 unspecified atom stereocenters. The van der Waals surface area contributed by atoms with Crippen LogP contribution in [0.5, 0.6) is 0 Å². The van der Waals surface area contributed by atoms with Crippen molar-refractivity contribution in [3.8, 4) is 11.5 Å². The Morgan fingerprint density at radius 2 is 2.17 bits per heavy atom. The van der Waals surface area contributed by atoms with Gasteiger partial charge < -0.3 is 14.5 Å². The van der Waals surface area contributed by atoms with Crippen LogP contribution < -0.4 is 5.32 Å². The summed E-state index contributed by atoms with van der Waals surface area (Å²) >= 11 is 0. The van der Waals surface area contributed by atoms with Crippen LogP contribution in [0.15, 0.2) is 34.9 Å². The minimum atomic E-state index is -0.497. The highest BCUT2D eigenvalue weighted by Crippen LogP contribution is 2.40. The average molecular weight is 314 g/mol. The molecule has 122 valence electrons. The van der Waals surface area contributed by atoms with Gasteiger partial charge in [-0.15, -0.1) is 0 Å². The highest BCUT2D eigenvalue weighted by Gasteiger charge is 2.27. The molecule has 0 bridgehead atoms. The first kappa shape index (κ1) is 15.6. The molecule has 1 fully saturated rings. The molecule has 0 aliphatic heterocycles. The van der Waals surface area contributed by atoms with Gasteiger partial charge in [0.2, 0.25) is 5.89 Å². The van der Waals surface area contributed by atoms with Crippen LogP contribution >= 0.6 is 0 Å². The molecule has 0 atom stereocenters. The van der Waals surface area contributed by atoms with E-state index in [0.29, 0.717) is 18.4 Å². The Labute approximate surface area is 136 Å². The van der Waals surface area contributed by atoms with Crippen LogP contribution in [0.1, 0.15) is 50.8 Å². The van der Waals surface area contributed by atoms with Gasteiger partial charge in [0.05, 0.1) is 5.69 Å². The van der Waals surface area contributed by atoms with E-state index in [9.17, 15) is 4.79 Å². The summed E-state index contributed by atoms with van der Waals surface area (Å²) in [6, 6.07) is 7.81. The van der Waals surface area contributed by atoms with E-state index in [4.69, 9.17) is 9.15 Å². The van der Waals surface area contributed by atoms with E-state index in [-0.39, 0.29) is 0 Å². The number of oxazole rings is 1. The first-order valence-electron chi connectivity index (χ1n) is 7.92. The molecule has 5 heteroatoms. The molecule has 1 aromatic heterocycles. The van der Waals surface area contributed by atoms with E-state index in [1.165, 1.54) is 12.8 Å². The largest absolute Gasteiger partial charge is 0.444 e. The van der Waals surface area contributed by atoms with E-state index in [1.807, 2.05) is 45.0 Å². The van der Waals surface area contributed by atoms with Crippen molar-refractivity contribution in [2.75, 3.05) is 0 Å². The Kier molecular flexibility index (Phi) is 4.11. The molecule has 1 heterocycles. The molecule has 0 radical (unpaired) electrons. The Morgan fingerprint density at radius 3 is 2.87 bits per heavy atom. The standard InChI is InChI=1S/C18H22N2O3/c1-18(2,3)23-17(21)19-10-12-5-4-6-14(9-12)16-20-15(11-22-16)13-7-8-13/h4-6,9,11,13H,7-8,10H2,1-3H3,(H,19,21). The van der Waals surface area contributed by atoms with E-state index in [1.54, 1.807) is 6.26 Å². The van der Waals surface area contributed by atoms with Crippen LogP contribution in [-0.4, -0.2) is 16.7 Å². The van der Waals surface area contributed by atoms with Gasteiger partial charge in [-0.1, -0.05) is 12.1 Å². The minimum absolute atomic E-state index is 0.402. The lowest BCUT2D eigenvalue weighted by Crippen LogP contribution is -2.32. The lowest BCUT2D eigenvalue weighted by Gasteiger charge is -2.19. The predicted octanol–water partition coefficient (Wildman–Crippen LogP) is 4.24. The lowest BCUT2D eigenvalue weighted by molar-refractivity contribution is 0.0523. The number of carbonyl (C=O) groups is 1. The van der Waals surface area contributed by atoms with Gasteiger partial charge in [-0.25, -0.2) is 9.78 Å². The van der Waals surface area contributed by atoms with Crippen molar-refractivity contribution in [3.63, 3.8) is 0 Å². The SMILES string of the molecule is CC(C)(C)OC(=O)NCc1cccc(-c2nc(C3CC3)co2)c1. The Morgan fingerprint density at radius 1 is 1.39 bits per heavy atom. The third-order valence-corrected chi connectivity index (χ3v) is 3.53. The fraction of sp³-hybridized carbons (Fsp3) is 0.444. The lowest BCUT2D eigenvalue weighted by atomic mass is 10.1. The summed E-state index contributed by atoms with van der Waals surface area (Å²) in [4.78, 5) is 16.3. The van der Waals surface area contributed by atoms with Gasteiger partial charge in [-0.3, -0.25) is 0 Å². The van der Waals surface area contributed by atoms with Crippen molar-refractivity contribution in [2.24, 2.45) is 0 Å². The van der Waals surface area contributed by atoms with Crippen LogP contribution in [0.3, 0.4) is 0 Å². The van der Waals surface area contributed by atoms with Crippen molar-refractivity contribution in [2.45, 2.75) is 51.7 Å². The van der Waals surface area contributed by atoms with Crippen LogP contribution in [0.25, 0.3) is 11.5 Å². The monoisotopic (exact) mass is 314 g/mol. The third kappa shape index (κ3) is 4.34. The van der Waals surface area contributed by atoms with E-state index >= 15 is 0 Å². The van der Waals surface area contributed by atoms with Crippen LogP contribution in [-0.2, 0) is 11.3 Å². The number of nitrogens with one attached hydrogen (secondary N) is 1. The molecule has 0 saturated heterocycles. The van der Waals surface area contributed by atoms with E-state index in [0.717, 1.165) is 16.8 Å². The fourth-order valence-corrected chi connectivity index (χ4v) is 2.29. The van der Waals surface area contributed by atoms with Crippen molar-refractivity contribution < 1.29 is 13.9 Å². The smallest absolute Gasteiger partial charge is 0.407 e. The minimum Gasteiger partial charge on any atom is -0.444 e. The second-order valence-electron chi connectivity index (χ2n) is 6.91. The first-order valence-corrected chi connectivity index (χ1v) is 7.92. The highest BCUT2D eigenvalue weighted by molar-refractivity contribution is 5.67. The summed E-state index contributed by atoms with van der Waals surface area (Å²) in [7, 11) is 0. The molecule has 1 saturated carbocycles. The van der Waals surface area contributed by atoms with Gasteiger partial charge in [0.25, 0.3) is 0 Å². The summed E-state index contributed by atoms with van der Waals surface area (Å²) < 4.78 is 10.8. The molecule has 1 aliphatic carbocycles. The summed E-state index contributed by atoms with van der Waals surface area (Å²) in [5.41, 5.74) is 2.43. The quantitative estimate of drug-likeness (QED) is 0.916. The number of alkyl carbamates (subject to hydrolysis) is 1. The molecule has 23 heavy (non-hydrogen) atoms. The Balaban J connectivity index is 1.63. The number of hydrogen-bond acceptors (Lipinski definition) is 4. The maximum absolute atomic E-state index is 11.7. The number of carbonyl (C=O) groups excluding carboxylic acids is 1. The summed E-state index contributed by atoms with van der Waals surface area (Å²) in [5.74, 6) is 1.20. The van der Waals surface area contributed by atoms with Crippen molar-refractivity contribution in [3.05, 3.63) is 41.8 Å². The molecule has 0 spiro atoms. The molecule has 2 aromatic rings. The number of benzene rings is 1. The molecule has 1 amide bonds. The zero-order chi connectivity index (χ0) is 16.4. The average Bonchev–Trinajstić information content (AvgIpc) is 3.21. The summed E-state index contributed by atoms with van der Waals surface area (Å²) in [6.45, 7) is 5.92. The van der Waals surface area contributed by atoms with Crippen LogP contribution in [0, 0.1) is 0 Å². The van der Waals surface area contributed by atoms with Gasteiger partial charge in [0.1, 0.15) is 11.9 Å².